The summed E-state index contributed by atoms with van der Waals surface area (Å²) < 4.78 is 10.7. The molecule has 3 N–H and O–H groups in total. The van der Waals surface area contributed by atoms with Crippen molar-refractivity contribution in [3.05, 3.63) is 53.0 Å². The summed E-state index contributed by atoms with van der Waals surface area (Å²) in [5.41, 5.74) is 3.32. The van der Waals surface area contributed by atoms with Crippen LogP contribution in [0.5, 0.6) is 11.5 Å². The van der Waals surface area contributed by atoms with E-state index in [0.29, 0.717) is 33.7 Å². The van der Waals surface area contributed by atoms with Gasteiger partial charge in [-0.3, -0.25) is 9.59 Å². The topological polar surface area (TPSA) is 102 Å². The van der Waals surface area contributed by atoms with Crippen molar-refractivity contribution in [3.8, 4) is 11.5 Å². The van der Waals surface area contributed by atoms with Crippen LogP contribution in [-0.2, 0) is 11.2 Å². The van der Waals surface area contributed by atoms with Crippen molar-refractivity contribution < 1.29 is 19.1 Å². The number of aryl methyl sites for hydroxylation is 1. The fraction of sp³-hybridized carbons (Fsp3) is 0.190. The second-order valence-corrected chi connectivity index (χ2v) is 7.45. The van der Waals surface area contributed by atoms with E-state index in [9.17, 15) is 9.59 Å². The number of amides is 2. The number of hydrogen-bond acceptors (Lipinski definition) is 7. The second kappa shape index (κ2) is 8.42. The van der Waals surface area contributed by atoms with Gasteiger partial charge in [-0.05, 0) is 36.2 Å². The minimum atomic E-state index is -0.320. The molecule has 0 fully saturated rings. The molecule has 0 unspecified atom stereocenters. The molecule has 4 rings (SSSR count). The molecule has 2 amide bonds. The number of nitrogens with zero attached hydrogens (tertiary/aromatic N) is 1. The first kappa shape index (κ1) is 19.7. The molecule has 0 saturated heterocycles. The SMILES string of the molecule is CCc1ccc(NC(C)=O)cc1NC(=O)c1csc(Nc2ccc3c(c2)OCO3)n1. The Morgan fingerprint density at radius 3 is 2.67 bits per heavy atom. The lowest BCUT2D eigenvalue weighted by Crippen LogP contribution is -2.14. The first-order chi connectivity index (χ1) is 14.5. The molecule has 154 valence electrons. The number of aromatic nitrogens is 1. The van der Waals surface area contributed by atoms with Gasteiger partial charge in [-0.2, -0.15) is 0 Å². The molecule has 8 nitrogen and oxygen atoms in total. The molecule has 3 aromatic rings. The lowest BCUT2D eigenvalue weighted by atomic mass is 10.1. The van der Waals surface area contributed by atoms with Gasteiger partial charge in [0.1, 0.15) is 5.69 Å². The number of nitrogens with one attached hydrogen (secondary N) is 3. The summed E-state index contributed by atoms with van der Waals surface area (Å²) in [5, 5.41) is 11.1. The van der Waals surface area contributed by atoms with Crippen LogP contribution >= 0.6 is 11.3 Å². The highest BCUT2D eigenvalue weighted by Crippen LogP contribution is 2.35. The van der Waals surface area contributed by atoms with E-state index in [1.54, 1.807) is 11.4 Å². The number of thiazole rings is 1. The van der Waals surface area contributed by atoms with E-state index in [1.807, 2.05) is 37.3 Å². The number of hydrogen-bond donors (Lipinski definition) is 3. The van der Waals surface area contributed by atoms with Crippen LogP contribution in [0, 0.1) is 0 Å². The molecule has 30 heavy (non-hydrogen) atoms. The summed E-state index contributed by atoms with van der Waals surface area (Å²) in [6, 6.07) is 10.9. The summed E-state index contributed by atoms with van der Waals surface area (Å²) in [4.78, 5) is 28.4. The van der Waals surface area contributed by atoms with Crippen molar-refractivity contribution in [2.24, 2.45) is 0 Å². The van der Waals surface area contributed by atoms with Gasteiger partial charge in [-0.1, -0.05) is 13.0 Å². The van der Waals surface area contributed by atoms with Gasteiger partial charge < -0.3 is 25.4 Å². The van der Waals surface area contributed by atoms with Crippen LogP contribution in [0.15, 0.2) is 41.8 Å². The number of anilines is 4. The smallest absolute Gasteiger partial charge is 0.275 e. The van der Waals surface area contributed by atoms with Gasteiger partial charge in [0.25, 0.3) is 5.91 Å². The molecular weight excluding hydrogens is 404 g/mol. The van der Waals surface area contributed by atoms with Crippen LogP contribution in [0.1, 0.15) is 29.9 Å². The number of carbonyl (C=O) groups excluding carboxylic acids is 2. The van der Waals surface area contributed by atoms with Crippen molar-refractivity contribution in [2.45, 2.75) is 20.3 Å². The summed E-state index contributed by atoms with van der Waals surface area (Å²) in [6.07, 6.45) is 0.740. The zero-order chi connectivity index (χ0) is 21.1. The lowest BCUT2D eigenvalue weighted by molar-refractivity contribution is -0.114. The van der Waals surface area contributed by atoms with Crippen molar-refractivity contribution >= 4 is 45.3 Å². The Balaban J connectivity index is 1.47. The summed E-state index contributed by atoms with van der Waals surface area (Å²) >= 11 is 1.33. The van der Waals surface area contributed by atoms with Crippen LogP contribution in [0.2, 0.25) is 0 Å². The largest absolute Gasteiger partial charge is 0.454 e. The van der Waals surface area contributed by atoms with Gasteiger partial charge >= 0.3 is 0 Å². The van der Waals surface area contributed by atoms with E-state index < -0.39 is 0 Å². The molecule has 0 atom stereocenters. The molecule has 2 heterocycles. The zero-order valence-electron chi connectivity index (χ0n) is 16.4. The van der Waals surface area contributed by atoms with Crippen molar-refractivity contribution in [3.63, 3.8) is 0 Å². The number of ether oxygens (including phenoxy) is 2. The standard InChI is InChI=1S/C21H20N4O4S/c1-3-13-4-5-14(22-12(2)26)8-16(13)24-20(27)17-10-30-21(25-17)23-15-6-7-18-19(9-15)29-11-28-18/h4-10H,3,11H2,1-2H3,(H,22,26)(H,23,25)(H,24,27). The molecule has 0 spiro atoms. The van der Waals surface area contributed by atoms with E-state index in [4.69, 9.17) is 9.47 Å². The van der Waals surface area contributed by atoms with E-state index in [-0.39, 0.29) is 18.6 Å². The Labute approximate surface area is 177 Å². The molecule has 0 radical (unpaired) electrons. The zero-order valence-corrected chi connectivity index (χ0v) is 17.3. The predicted octanol–water partition coefficient (Wildman–Crippen LogP) is 4.39. The highest BCUT2D eigenvalue weighted by molar-refractivity contribution is 7.14. The van der Waals surface area contributed by atoms with Gasteiger partial charge in [0.2, 0.25) is 12.7 Å². The summed E-state index contributed by atoms with van der Waals surface area (Å²) in [5.74, 6) is 0.878. The predicted molar refractivity (Wildman–Crippen MR) is 116 cm³/mol. The van der Waals surface area contributed by atoms with Crippen LogP contribution in [0.3, 0.4) is 0 Å². The fourth-order valence-corrected chi connectivity index (χ4v) is 3.71. The Morgan fingerprint density at radius 2 is 1.87 bits per heavy atom. The first-order valence-electron chi connectivity index (χ1n) is 9.36. The molecule has 0 saturated carbocycles. The van der Waals surface area contributed by atoms with Crippen molar-refractivity contribution in [2.75, 3.05) is 22.7 Å². The number of fused-ring (bicyclic) bond motifs is 1. The van der Waals surface area contributed by atoms with E-state index in [1.165, 1.54) is 18.3 Å². The Kier molecular flexibility index (Phi) is 5.53. The molecule has 0 bridgehead atoms. The molecule has 1 aromatic heterocycles. The van der Waals surface area contributed by atoms with Crippen LogP contribution in [0.4, 0.5) is 22.2 Å². The number of rotatable bonds is 6. The van der Waals surface area contributed by atoms with E-state index in [0.717, 1.165) is 17.7 Å². The normalized spacial score (nSPS) is 11.8. The summed E-state index contributed by atoms with van der Waals surface area (Å²) in [7, 11) is 0. The van der Waals surface area contributed by atoms with Gasteiger partial charge in [0.05, 0.1) is 0 Å². The Bertz CT molecular complexity index is 1110. The first-order valence-corrected chi connectivity index (χ1v) is 10.2. The minimum Gasteiger partial charge on any atom is -0.454 e. The van der Waals surface area contributed by atoms with E-state index in [2.05, 4.69) is 20.9 Å². The summed E-state index contributed by atoms with van der Waals surface area (Å²) in [6.45, 7) is 3.65. The number of benzene rings is 2. The third-order valence-electron chi connectivity index (χ3n) is 4.42. The maximum atomic E-state index is 12.7. The maximum Gasteiger partial charge on any atom is 0.275 e. The van der Waals surface area contributed by atoms with Gasteiger partial charge in [0.15, 0.2) is 16.6 Å². The van der Waals surface area contributed by atoms with Gasteiger partial charge in [-0.15, -0.1) is 11.3 Å². The average Bonchev–Trinajstić information content (AvgIpc) is 3.37. The average molecular weight is 424 g/mol. The van der Waals surface area contributed by atoms with Crippen LogP contribution in [-0.4, -0.2) is 23.6 Å². The van der Waals surface area contributed by atoms with Crippen molar-refractivity contribution in [1.82, 2.24) is 4.98 Å². The lowest BCUT2D eigenvalue weighted by Gasteiger charge is -2.11. The monoisotopic (exact) mass is 424 g/mol. The third-order valence-corrected chi connectivity index (χ3v) is 5.18. The highest BCUT2D eigenvalue weighted by atomic mass is 32.1. The van der Waals surface area contributed by atoms with Crippen LogP contribution < -0.4 is 25.4 Å². The Hall–Kier alpha value is -3.59. The quantitative estimate of drug-likeness (QED) is 0.543. The third kappa shape index (κ3) is 4.36. The molecule has 9 heteroatoms. The van der Waals surface area contributed by atoms with Gasteiger partial charge in [-0.25, -0.2) is 4.98 Å². The molecular formula is C21H20N4O4S. The second-order valence-electron chi connectivity index (χ2n) is 6.59. The van der Waals surface area contributed by atoms with Crippen LogP contribution in [0.25, 0.3) is 0 Å². The molecule has 2 aromatic carbocycles. The minimum absolute atomic E-state index is 0.171. The number of carbonyl (C=O) groups is 2. The van der Waals surface area contributed by atoms with Gasteiger partial charge in [0, 0.05) is 35.4 Å². The highest BCUT2D eigenvalue weighted by Gasteiger charge is 2.16. The Morgan fingerprint density at radius 1 is 1.07 bits per heavy atom. The fourth-order valence-electron chi connectivity index (χ4n) is 3.00. The molecule has 0 aliphatic carbocycles. The maximum absolute atomic E-state index is 12.7. The molecule has 1 aliphatic heterocycles. The van der Waals surface area contributed by atoms with Crippen molar-refractivity contribution in [1.29, 1.82) is 0 Å². The van der Waals surface area contributed by atoms with E-state index >= 15 is 0 Å². The molecule has 1 aliphatic rings.